The minimum absolute atomic E-state index is 0.0416. The first-order valence-electron chi connectivity index (χ1n) is 8.54. The third kappa shape index (κ3) is 4.34. The van der Waals surface area contributed by atoms with E-state index in [2.05, 4.69) is 15.9 Å². The second-order valence-corrected chi connectivity index (χ2v) is 7.20. The SMILES string of the molecule is COCOc1ccc(F)cc1C(COC(C)=O)N1Cc2ccc(Br)cc2C1=O. The Morgan fingerprint density at radius 1 is 1.29 bits per heavy atom. The Morgan fingerprint density at radius 3 is 2.79 bits per heavy atom. The molecule has 2 aromatic rings. The van der Waals surface area contributed by atoms with Crippen LogP contribution in [0.3, 0.4) is 0 Å². The van der Waals surface area contributed by atoms with Crippen molar-refractivity contribution in [2.24, 2.45) is 0 Å². The van der Waals surface area contributed by atoms with Crippen molar-refractivity contribution >= 4 is 27.8 Å². The summed E-state index contributed by atoms with van der Waals surface area (Å²) in [7, 11) is 1.47. The third-order valence-electron chi connectivity index (χ3n) is 4.39. The maximum Gasteiger partial charge on any atom is 0.302 e. The molecule has 6 nitrogen and oxygen atoms in total. The van der Waals surface area contributed by atoms with E-state index in [1.807, 2.05) is 12.1 Å². The van der Waals surface area contributed by atoms with Gasteiger partial charge in [0.2, 0.25) is 0 Å². The van der Waals surface area contributed by atoms with E-state index in [0.29, 0.717) is 23.4 Å². The molecule has 0 aliphatic carbocycles. The lowest BCUT2D eigenvalue weighted by molar-refractivity contribution is -0.142. The van der Waals surface area contributed by atoms with Gasteiger partial charge in [0.15, 0.2) is 6.79 Å². The van der Waals surface area contributed by atoms with Crippen LogP contribution in [0, 0.1) is 5.82 Å². The van der Waals surface area contributed by atoms with Gasteiger partial charge in [-0.25, -0.2) is 4.39 Å². The predicted molar refractivity (Wildman–Crippen MR) is 102 cm³/mol. The standard InChI is InChI=1S/C20H19BrFNO5/c1-12(24)27-10-18(17-8-15(22)5-6-19(17)28-11-26-2)23-9-13-3-4-14(21)7-16(13)20(23)25/h3-8,18H,9-11H2,1-2H3. The highest BCUT2D eigenvalue weighted by Gasteiger charge is 2.35. The minimum Gasteiger partial charge on any atom is -0.467 e. The third-order valence-corrected chi connectivity index (χ3v) is 4.88. The van der Waals surface area contributed by atoms with Crippen LogP contribution in [-0.2, 0) is 20.8 Å². The highest BCUT2D eigenvalue weighted by molar-refractivity contribution is 9.10. The number of rotatable bonds is 7. The van der Waals surface area contributed by atoms with Gasteiger partial charge in [0.25, 0.3) is 5.91 Å². The van der Waals surface area contributed by atoms with Gasteiger partial charge in [0.1, 0.15) is 18.2 Å². The summed E-state index contributed by atoms with van der Waals surface area (Å²) in [5, 5.41) is 0. The average molecular weight is 452 g/mol. The number of fused-ring (bicyclic) bond motifs is 1. The zero-order chi connectivity index (χ0) is 20.3. The van der Waals surface area contributed by atoms with Gasteiger partial charge in [-0.2, -0.15) is 0 Å². The Balaban J connectivity index is 2.00. The van der Waals surface area contributed by atoms with E-state index >= 15 is 0 Å². The Hall–Kier alpha value is -2.45. The normalized spacial score (nSPS) is 14.0. The van der Waals surface area contributed by atoms with Crippen LogP contribution in [0.5, 0.6) is 5.75 Å². The molecule has 1 atom stereocenters. The smallest absolute Gasteiger partial charge is 0.302 e. The summed E-state index contributed by atoms with van der Waals surface area (Å²) < 4.78 is 30.5. The van der Waals surface area contributed by atoms with E-state index in [1.54, 1.807) is 11.0 Å². The molecule has 0 spiro atoms. The number of ether oxygens (including phenoxy) is 3. The number of hydrogen-bond donors (Lipinski definition) is 0. The Labute approximate surface area is 170 Å². The van der Waals surface area contributed by atoms with Crippen LogP contribution in [0.1, 0.15) is 34.5 Å². The zero-order valence-electron chi connectivity index (χ0n) is 15.4. The van der Waals surface area contributed by atoms with E-state index in [0.717, 1.165) is 10.0 Å². The molecule has 1 heterocycles. The molecular formula is C20H19BrFNO5. The summed E-state index contributed by atoms with van der Waals surface area (Å²) in [5.41, 5.74) is 1.80. The van der Waals surface area contributed by atoms with Crippen LogP contribution in [0.15, 0.2) is 40.9 Å². The zero-order valence-corrected chi connectivity index (χ0v) is 17.0. The fourth-order valence-corrected chi connectivity index (χ4v) is 3.49. The first-order valence-corrected chi connectivity index (χ1v) is 9.34. The number of amides is 1. The summed E-state index contributed by atoms with van der Waals surface area (Å²) in [4.78, 5) is 26.0. The monoisotopic (exact) mass is 451 g/mol. The lowest BCUT2D eigenvalue weighted by Crippen LogP contribution is -2.33. The summed E-state index contributed by atoms with van der Waals surface area (Å²) in [6.45, 7) is 1.43. The van der Waals surface area contributed by atoms with Crippen molar-refractivity contribution in [3.8, 4) is 5.75 Å². The molecule has 0 saturated carbocycles. The number of esters is 1. The highest BCUT2D eigenvalue weighted by Crippen LogP contribution is 2.37. The molecule has 0 radical (unpaired) electrons. The van der Waals surface area contributed by atoms with Gasteiger partial charge in [-0.3, -0.25) is 9.59 Å². The molecule has 3 rings (SSSR count). The summed E-state index contributed by atoms with van der Waals surface area (Å²) in [5.74, 6) is -0.854. The molecule has 28 heavy (non-hydrogen) atoms. The Morgan fingerprint density at radius 2 is 2.07 bits per heavy atom. The number of nitrogens with zero attached hydrogens (tertiary/aromatic N) is 1. The van der Waals surface area contributed by atoms with E-state index in [-0.39, 0.29) is 19.3 Å². The van der Waals surface area contributed by atoms with Crippen molar-refractivity contribution < 1.29 is 28.2 Å². The molecule has 0 saturated heterocycles. The van der Waals surface area contributed by atoms with Gasteiger partial charge in [-0.15, -0.1) is 0 Å². The molecule has 0 N–H and O–H groups in total. The van der Waals surface area contributed by atoms with Crippen molar-refractivity contribution in [1.82, 2.24) is 4.90 Å². The number of methoxy groups -OCH3 is 1. The van der Waals surface area contributed by atoms with Crippen molar-refractivity contribution in [2.45, 2.75) is 19.5 Å². The van der Waals surface area contributed by atoms with Crippen molar-refractivity contribution in [1.29, 1.82) is 0 Å². The van der Waals surface area contributed by atoms with Crippen molar-refractivity contribution in [3.05, 3.63) is 63.4 Å². The topological polar surface area (TPSA) is 65.1 Å². The van der Waals surface area contributed by atoms with Gasteiger partial charge >= 0.3 is 5.97 Å². The predicted octanol–water partition coefficient (Wildman–Crippen LogP) is 3.83. The fourth-order valence-electron chi connectivity index (χ4n) is 3.12. The Kier molecular flexibility index (Phi) is 6.31. The van der Waals surface area contributed by atoms with Gasteiger partial charge in [0.05, 0.1) is 6.04 Å². The molecule has 148 valence electrons. The van der Waals surface area contributed by atoms with Crippen LogP contribution in [0.25, 0.3) is 0 Å². The van der Waals surface area contributed by atoms with Gasteiger partial charge in [-0.05, 0) is 35.9 Å². The van der Waals surface area contributed by atoms with E-state index < -0.39 is 17.8 Å². The Bertz CT molecular complexity index is 904. The minimum atomic E-state index is -0.717. The largest absolute Gasteiger partial charge is 0.467 e. The molecule has 1 unspecified atom stereocenters. The molecule has 1 amide bonds. The fraction of sp³-hybridized carbons (Fsp3) is 0.300. The molecule has 0 fully saturated rings. The quantitative estimate of drug-likeness (QED) is 0.472. The maximum absolute atomic E-state index is 14.0. The summed E-state index contributed by atoms with van der Waals surface area (Å²) in [6, 6.07) is 8.74. The summed E-state index contributed by atoms with van der Waals surface area (Å²) in [6.07, 6.45) is 0. The lowest BCUT2D eigenvalue weighted by Gasteiger charge is -2.29. The number of benzene rings is 2. The molecule has 1 aliphatic heterocycles. The van der Waals surface area contributed by atoms with Crippen LogP contribution < -0.4 is 4.74 Å². The molecule has 8 heteroatoms. The number of carbonyl (C=O) groups excluding carboxylic acids is 2. The molecule has 0 bridgehead atoms. The first-order chi connectivity index (χ1) is 13.4. The number of hydrogen-bond acceptors (Lipinski definition) is 5. The second kappa shape index (κ2) is 8.70. The van der Waals surface area contributed by atoms with E-state index in [9.17, 15) is 14.0 Å². The second-order valence-electron chi connectivity index (χ2n) is 6.29. The van der Waals surface area contributed by atoms with Gasteiger partial charge in [0, 0.05) is 36.2 Å². The summed E-state index contributed by atoms with van der Waals surface area (Å²) >= 11 is 3.37. The molecular weight excluding hydrogens is 433 g/mol. The molecule has 1 aliphatic rings. The molecule has 2 aromatic carbocycles. The number of carbonyl (C=O) groups is 2. The van der Waals surface area contributed by atoms with Crippen LogP contribution in [0.2, 0.25) is 0 Å². The van der Waals surface area contributed by atoms with Gasteiger partial charge < -0.3 is 19.1 Å². The maximum atomic E-state index is 14.0. The van der Waals surface area contributed by atoms with Crippen molar-refractivity contribution in [3.63, 3.8) is 0 Å². The average Bonchev–Trinajstić information content (AvgIpc) is 2.97. The van der Waals surface area contributed by atoms with Crippen molar-refractivity contribution in [2.75, 3.05) is 20.5 Å². The van der Waals surface area contributed by atoms with Crippen LogP contribution in [-0.4, -0.2) is 37.3 Å². The van der Waals surface area contributed by atoms with E-state index in [1.165, 1.54) is 32.2 Å². The lowest BCUT2D eigenvalue weighted by atomic mass is 10.0. The van der Waals surface area contributed by atoms with E-state index in [4.69, 9.17) is 14.2 Å². The van der Waals surface area contributed by atoms with Crippen LogP contribution in [0.4, 0.5) is 4.39 Å². The van der Waals surface area contributed by atoms with Crippen LogP contribution >= 0.6 is 15.9 Å². The highest BCUT2D eigenvalue weighted by atomic mass is 79.9. The van der Waals surface area contributed by atoms with Gasteiger partial charge in [-0.1, -0.05) is 22.0 Å². The number of halogens is 2. The molecule has 0 aromatic heterocycles. The first kappa shape index (κ1) is 20.3.